The van der Waals surface area contributed by atoms with Crippen LogP contribution in [0.4, 0.5) is 0 Å². The van der Waals surface area contributed by atoms with E-state index in [1.165, 1.54) is 31.2 Å². The number of rotatable bonds is 5. The van der Waals surface area contributed by atoms with Gasteiger partial charge in [-0.15, -0.1) is 0 Å². The average Bonchev–Trinajstić information content (AvgIpc) is 3.41. The fourth-order valence-electron chi connectivity index (χ4n) is 3.87. The predicted molar refractivity (Wildman–Crippen MR) is 84.6 cm³/mol. The molecule has 2 atom stereocenters. The minimum atomic E-state index is 0.282. The van der Waals surface area contributed by atoms with Crippen LogP contribution in [-0.4, -0.2) is 43.8 Å². The summed E-state index contributed by atoms with van der Waals surface area (Å²) in [5.74, 6) is 0.805. The highest BCUT2D eigenvalue weighted by atomic mass is 16.5. The van der Waals surface area contributed by atoms with Gasteiger partial charge in [-0.3, -0.25) is 4.90 Å². The van der Waals surface area contributed by atoms with E-state index in [1.807, 2.05) is 7.05 Å². The number of nitrogens with zero attached hydrogens (tertiary/aromatic N) is 1. The SMILES string of the molecule is CNCC1OCCN(C2CC2)C1c1ccccc1C1CC1. The maximum atomic E-state index is 6.14. The second kappa shape index (κ2) is 5.71. The van der Waals surface area contributed by atoms with Crippen LogP contribution in [0.25, 0.3) is 0 Å². The second-order valence-electron chi connectivity index (χ2n) is 6.78. The van der Waals surface area contributed by atoms with Crippen LogP contribution >= 0.6 is 0 Å². The Labute approximate surface area is 127 Å². The Bertz CT molecular complexity index is 494. The number of hydrogen-bond donors (Lipinski definition) is 1. The van der Waals surface area contributed by atoms with Crippen LogP contribution in [0.5, 0.6) is 0 Å². The van der Waals surface area contributed by atoms with E-state index in [0.29, 0.717) is 6.04 Å². The summed E-state index contributed by atoms with van der Waals surface area (Å²) in [6, 6.07) is 10.3. The summed E-state index contributed by atoms with van der Waals surface area (Å²) in [7, 11) is 2.03. The second-order valence-corrected chi connectivity index (χ2v) is 6.78. The molecular formula is C18H26N2O. The molecule has 1 aromatic carbocycles. The molecule has 0 aromatic heterocycles. The summed E-state index contributed by atoms with van der Waals surface area (Å²) in [5.41, 5.74) is 3.12. The van der Waals surface area contributed by atoms with E-state index in [2.05, 4.69) is 34.5 Å². The first-order chi connectivity index (χ1) is 10.4. The summed E-state index contributed by atoms with van der Waals surface area (Å²) in [6.07, 6.45) is 5.75. The minimum absolute atomic E-state index is 0.282. The first-order valence-corrected chi connectivity index (χ1v) is 8.49. The highest BCUT2D eigenvalue weighted by Gasteiger charge is 2.42. The molecule has 2 saturated carbocycles. The molecule has 2 aliphatic carbocycles. The van der Waals surface area contributed by atoms with Crippen molar-refractivity contribution < 1.29 is 4.74 Å². The van der Waals surface area contributed by atoms with Gasteiger partial charge in [0.2, 0.25) is 0 Å². The van der Waals surface area contributed by atoms with Gasteiger partial charge in [0.1, 0.15) is 0 Å². The van der Waals surface area contributed by atoms with E-state index in [-0.39, 0.29) is 6.10 Å². The van der Waals surface area contributed by atoms with Crippen LogP contribution in [0, 0.1) is 0 Å². The summed E-state index contributed by atoms with van der Waals surface area (Å²) >= 11 is 0. The van der Waals surface area contributed by atoms with Crippen LogP contribution in [0.2, 0.25) is 0 Å². The van der Waals surface area contributed by atoms with Gasteiger partial charge in [-0.25, -0.2) is 0 Å². The van der Waals surface area contributed by atoms with Crippen LogP contribution in [-0.2, 0) is 4.74 Å². The normalized spacial score (nSPS) is 30.5. The molecule has 1 N–H and O–H groups in total. The van der Waals surface area contributed by atoms with Gasteiger partial charge in [0.15, 0.2) is 0 Å². The third-order valence-corrected chi connectivity index (χ3v) is 5.14. The number of benzene rings is 1. The van der Waals surface area contributed by atoms with E-state index in [4.69, 9.17) is 4.74 Å². The number of likely N-dealkylation sites (N-methyl/N-ethyl adjacent to an activating group) is 1. The fraction of sp³-hybridized carbons (Fsp3) is 0.667. The average molecular weight is 286 g/mol. The van der Waals surface area contributed by atoms with Crippen molar-refractivity contribution in [3.8, 4) is 0 Å². The number of hydrogen-bond acceptors (Lipinski definition) is 3. The van der Waals surface area contributed by atoms with Crippen molar-refractivity contribution >= 4 is 0 Å². The van der Waals surface area contributed by atoms with Crippen molar-refractivity contribution in [1.82, 2.24) is 10.2 Å². The summed E-state index contributed by atoms with van der Waals surface area (Å²) < 4.78 is 6.14. The standard InChI is InChI=1S/C18H26N2O/c1-19-12-17-18(20(10-11-21-17)14-8-9-14)16-5-3-2-4-15(16)13-6-7-13/h2-5,13-14,17-19H,6-12H2,1H3. The van der Waals surface area contributed by atoms with Crippen LogP contribution < -0.4 is 5.32 Å². The number of nitrogens with one attached hydrogen (secondary N) is 1. The first kappa shape index (κ1) is 13.7. The molecule has 0 spiro atoms. The molecular weight excluding hydrogens is 260 g/mol. The van der Waals surface area contributed by atoms with Gasteiger partial charge in [-0.2, -0.15) is 0 Å². The smallest absolute Gasteiger partial charge is 0.0896 e. The Morgan fingerprint density at radius 2 is 1.90 bits per heavy atom. The summed E-state index contributed by atoms with van der Waals surface area (Å²) in [6.45, 7) is 2.91. The van der Waals surface area contributed by atoms with Crippen LogP contribution in [0.15, 0.2) is 24.3 Å². The molecule has 1 aromatic rings. The number of ether oxygens (including phenoxy) is 1. The molecule has 2 unspecified atom stereocenters. The van der Waals surface area contributed by atoms with E-state index < -0.39 is 0 Å². The van der Waals surface area contributed by atoms with Crippen molar-refractivity contribution in [2.45, 2.75) is 49.8 Å². The molecule has 21 heavy (non-hydrogen) atoms. The van der Waals surface area contributed by atoms with E-state index in [1.54, 1.807) is 5.56 Å². The molecule has 0 bridgehead atoms. The molecule has 1 saturated heterocycles. The molecule has 3 fully saturated rings. The zero-order valence-electron chi connectivity index (χ0n) is 12.9. The van der Waals surface area contributed by atoms with E-state index in [0.717, 1.165) is 31.7 Å². The maximum absolute atomic E-state index is 6.14. The third kappa shape index (κ3) is 2.75. The van der Waals surface area contributed by atoms with Gasteiger partial charge in [-0.1, -0.05) is 24.3 Å². The van der Waals surface area contributed by atoms with Gasteiger partial charge in [0, 0.05) is 19.1 Å². The molecule has 3 aliphatic rings. The molecule has 1 heterocycles. The van der Waals surface area contributed by atoms with Crippen molar-refractivity contribution in [2.75, 3.05) is 26.7 Å². The van der Waals surface area contributed by atoms with Gasteiger partial charge in [-0.05, 0) is 49.8 Å². The van der Waals surface area contributed by atoms with Crippen LogP contribution in [0.1, 0.15) is 48.8 Å². The number of morpholine rings is 1. The molecule has 1 aliphatic heterocycles. The zero-order chi connectivity index (χ0) is 14.2. The molecule has 0 radical (unpaired) electrons. The Hall–Kier alpha value is -0.900. The largest absolute Gasteiger partial charge is 0.374 e. The zero-order valence-corrected chi connectivity index (χ0v) is 12.9. The Balaban J connectivity index is 1.69. The Kier molecular flexibility index (Phi) is 3.74. The van der Waals surface area contributed by atoms with Gasteiger partial charge in [0.05, 0.1) is 18.8 Å². The summed E-state index contributed by atoms with van der Waals surface area (Å²) in [5, 5.41) is 3.33. The van der Waals surface area contributed by atoms with Gasteiger partial charge >= 0.3 is 0 Å². The predicted octanol–water partition coefficient (Wildman–Crippen LogP) is 2.69. The lowest BCUT2D eigenvalue weighted by Crippen LogP contribution is -2.49. The third-order valence-electron chi connectivity index (χ3n) is 5.14. The van der Waals surface area contributed by atoms with Crippen molar-refractivity contribution in [3.05, 3.63) is 35.4 Å². The summed E-state index contributed by atoms with van der Waals surface area (Å²) in [4.78, 5) is 2.73. The molecule has 0 amide bonds. The fourth-order valence-corrected chi connectivity index (χ4v) is 3.87. The van der Waals surface area contributed by atoms with Gasteiger partial charge < -0.3 is 10.1 Å². The lowest BCUT2D eigenvalue weighted by atomic mass is 9.91. The minimum Gasteiger partial charge on any atom is -0.374 e. The maximum Gasteiger partial charge on any atom is 0.0896 e. The molecule has 114 valence electrons. The van der Waals surface area contributed by atoms with Gasteiger partial charge in [0.25, 0.3) is 0 Å². The van der Waals surface area contributed by atoms with Crippen LogP contribution in [0.3, 0.4) is 0 Å². The Morgan fingerprint density at radius 3 is 2.57 bits per heavy atom. The first-order valence-electron chi connectivity index (χ1n) is 8.49. The monoisotopic (exact) mass is 286 g/mol. The highest BCUT2D eigenvalue weighted by molar-refractivity contribution is 5.37. The lowest BCUT2D eigenvalue weighted by molar-refractivity contribution is -0.0742. The topological polar surface area (TPSA) is 24.5 Å². The van der Waals surface area contributed by atoms with E-state index in [9.17, 15) is 0 Å². The quantitative estimate of drug-likeness (QED) is 0.900. The molecule has 3 nitrogen and oxygen atoms in total. The van der Waals surface area contributed by atoms with Crippen molar-refractivity contribution in [1.29, 1.82) is 0 Å². The van der Waals surface area contributed by atoms with Crippen molar-refractivity contribution in [3.63, 3.8) is 0 Å². The molecule has 3 heteroatoms. The lowest BCUT2D eigenvalue weighted by Gasteiger charge is -2.42. The Morgan fingerprint density at radius 1 is 1.14 bits per heavy atom. The molecule has 4 rings (SSSR count). The van der Waals surface area contributed by atoms with E-state index >= 15 is 0 Å². The highest BCUT2D eigenvalue weighted by Crippen LogP contribution is 2.46. The van der Waals surface area contributed by atoms with Crippen molar-refractivity contribution in [2.24, 2.45) is 0 Å².